The number of hydrogen-bond acceptors (Lipinski definition) is 4. The fourth-order valence-corrected chi connectivity index (χ4v) is 1.70. The quantitative estimate of drug-likeness (QED) is 0.759. The molecule has 0 aliphatic carbocycles. The Labute approximate surface area is 122 Å². The SMILES string of the molecule is CNCCC(=O)Nc1ccc(NC(=O)c2ccco2)cc1. The number of furan rings is 1. The van der Waals surface area contributed by atoms with E-state index in [4.69, 9.17) is 4.42 Å². The van der Waals surface area contributed by atoms with Crippen LogP contribution in [-0.2, 0) is 4.79 Å². The van der Waals surface area contributed by atoms with Gasteiger partial charge in [0.05, 0.1) is 6.26 Å². The van der Waals surface area contributed by atoms with Gasteiger partial charge in [-0.3, -0.25) is 9.59 Å². The summed E-state index contributed by atoms with van der Waals surface area (Å²) < 4.78 is 5.01. The van der Waals surface area contributed by atoms with Gasteiger partial charge in [0.2, 0.25) is 5.91 Å². The molecule has 0 atom stereocenters. The second-order valence-electron chi connectivity index (χ2n) is 4.41. The van der Waals surface area contributed by atoms with E-state index in [1.165, 1.54) is 6.26 Å². The largest absolute Gasteiger partial charge is 0.459 e. The van der Waals surface area contributed by atoms with Crippen molar-refractivity contribution >= 4 is 23.2 Å². The summed E-state index contributed by atoms with van der Waals surface area (Å²) in [6.45, 7) is 0.628. The summed E-state index contributed by atoms with van der Waals surface area (Å²) in [6, 6.07) is 10.1. The summed E-state index contributed by atoms with van der Waals surface area (Å²) in [5.41, 5.74) is 1.32. The van der Waals surface area contributed by atoms with Crippen LogP contribution in [0.1, 0.15) is 17.0 Å². The van der Waals surface area contributed by atoms with E-state index in [0.717, 1.165) is 0 Å². The fraction of sp³-hybridized carbons (Fsp3) is 0.200. The third-order valence-corrected chi connectivity index (χ3v) is 2.77. The van der Waals surface area contributed by atoms with E-state index in [9.17, 15) is 9.59 Å². The van der Waals surface area contributed by atoms with Crippen molar-refractivity contribution in [1.82, 2.24) is 5.32 Å². The van der Waals surface area contributed by atoms with Gasteiger partial charge in [-0.05, 0) is 43.4 Å². The molecule has 1 heterocycles. The smallest absolute Gasteiger partial charge is 0.291 e. The first-order valence-corrected chi connectivity index (χ1v) is 6.58. The summed E-state index contributed by atoms with van der Waals surface area (Å²) in [6.07, 6.45) is 1.85. The average molecular weight is 287 g/mol. The lowest BCUT2D eigenvalue weighted by molar-refractivity contribution is -0.116. The molecule has 1 aromatic carbocycles. The molecule has 2 aromatic rings. The van der Waals surface area contributed by atoms with Crippen molar-refractivity contribution in [3.63, 3.8) is 0 Å². The minimum Gasteiger partial charge on any atom is -0.459 e. The highest BCUT2D eigenvalue weighted by molar-refractivity contribution is 6.02. The molecule has 0 bridgehead atoms. The van der Waals surface area contributed by atoms with E-state index >= 15 is 0 Å². The molecule has 3 N–H and O–H groups in total. The minimum atomic E-state index is -0.314. The highest BCUT2D eigenvalue weighted by Crippen LogP contribution is 2.15. The van der Waals surface area contributed by atoms with Crippen LogP contribution in [0.25, 0.3) is 0 Å². The number of carbonyl (C=O) groups excluding carboxylic acids is 2. The van der Waals surface area contributed by atoms with Gasteiger partial charge in [0.25, 0.3) is 5.91 Å². The van der Waals surface area contributed by atoms with Crippen LogP contribution in [0, 0.1) is 0 Å². The topological polar surface area (TPSA) is 83.4 Å². The third kappa shape index (κ3) is 4.47. The Morgan fingerprint density at radius 2 is 1.71 bits per heavy atom. The standard InChI is InChI=1S/C15H17N3O3/c1-16-9-8-14(19)17-11-4-6-12(7-5-11)18-15(20)13-3-2-10-21-13/h2-7,10,16H,8-9H2,1H3,(H,17,19)(H,18,20). The second kappa shape index (κ2) is 7.25. The molecule has 0 fully saturated rings. The summed E-state index contributed by atoms with van der Waals surface area (Å²) >= 11 is 0. The van der Waals surface area contributed by atoms with Crippen molar-refractivity contribution < 1.29 is 14.0 Å². The molecule has 0 aliphatic rings. The van der Waals surface area contributed by atoms with Crippen molar-refractivity contribution in [2.45, 2.75) is 6.42 Å². The number of rotatable bonds is 6. The molecular weight excluding hydrogens is 270 g/mol. The first-order valence-electron chi connectivity index (χ1n) is 6.58. The van der Waals surface area contributed by atoms with Crippen LogP contribution in [0.15, 0.2) is 47.1 Å². The average Bonchev–Trinajstić information content (AvgIpc) is 3.01. The van der Waals surface area contributed by atoms with Crippen LogP contribution in [-0.4, -0.2) is 25.4 Å². The van der Waals surface area contributed by atoms with Crippen molar-refractivity contribution in [3.8, 4) is 0 Å². The molecule has 0 radical (unpaired) electrons. The molecule has 6 nitrogen and oxygen atoms in total. The van der Waals surface area contributed by atoms with E-state index in [1.54, 1.807) is 43.4 Å². The highest BCUT2D eigenvalue weighted by Gasteiger charge is 2.08. The van der Waals surface area contributed by atoms with Crippen LogP contribution >= 0.6 is 0 Å². The van der Waals surface area contributed by atoms with E-state index < -0.39 is 0 Å². The van der Waals surface area contributed by atoms with Gasteiger partial charge in [-0.25, -0.2) is 0 Å². The first-order chi connectivity index (χ1) is 10.2. The Balaban J connectivity index is 1.90. The number of benzene rings is 1. The summed E-state index contributed by atoms with van der Waals surface area (Å²) in [5, 5.41) is 8.39. The molecular formula is C15H17N3O3. The van der Waals surface area contributed by atoms with Crippen molar-refractivity contribution in [3.05, 3.63) is 48.4 Å². The third-order valence-electron chi connectivity index (χ3n) is 2.77. The Morgan fingerprint density at radius 3 is 2.29 bits per heavy atom. The molecule has 0 aliphatic heterocycles. The van der Waals surface area contributed by atoms with Crippen LogP contribution in [0.4, 0.5) is 11.4 Å². The molecule has 2 amide bonds. The van der Waals surface area contributed by atoms with E-state index in [1.807, 2.05) is 0 Å². The molecule has 2 rings (SSSR count). The molecule has 6 heteroatoms. The van der Waals surface area contributed by atoms with Crippen molar-refractivity contribution in [2.75, 3.05) is 24.2 Å². The van der Waals surface area contributed by atoms with Crippen molar-refractivity contribution in [2.24, 2.45) is 0 Å². The van der Waals surface area contributed by atoms with E-state index in [-0.39, 0.29) is 17.6 Å². The van der Waals surface area contributed by atoms with Crippen molar-refractivity contribution in [1.29, 1.82) is 0 Å². The first kappa shape index (κ1) is 14.8. The zero-order valence-corrected chi connectivity index (χ0v) is 11.7. The lowest BCUT2D eigenvalue weighted by Gasteiger charge is -2.07. The maximum absolute atomic E-state index is 11.8. The zero-order chi connectivity index (χ0) is 15.1. The number of hydrogen-bond donors (Lipinski definition) is 3. The normalized spacial score (nSPS) is 10.1. The van der Waals surface area contributed by atoms with Crippen LogP contribution in [0.2, 0.25) is 0 Å². The summed E-state index contributed by atoms with van der Waals surface area (Å²) in [4.78, 5) is 23.3. The molecule has 21 heavy (non-hydrogen) atoms. The molecule has 0 unspecified atom stereocenters. The molecule has 0 saturated carbocycles. The second-order valence-corrected chi connectivity index (χ2v) is 4.41. The maximum atomic E-state index is 11.8. The molecule has 0 spiro atoms. The predicted molar refractivity (Wildman–Crippen MR) is 80.3 cm³/mol. The van der Waals surface area contributed by atoms with Gasteiger partial charge in [0.15, 0.2) is 5.76 Å². The maximum Gasteiger partial charge on any atom is 0.291 e. The molecule has 1 aromatic heterocycles. The zero-order valence-electron chi connectivity index (χ0n) is 11.7. The number of anilines is 2. The van der Waals surface area contributed by atoms with E-state index in [0.29, 0.717) is 24.3 Å². The fourth-order valence-electron chi connectivity index (χ4n) is 1.70. The van der Waals surface area contributed by atoms with Gasteiger partial charge >= 0.3 is 0 Å². The Kier molecular flexibility index (Phi) is 5.11. The minimum absolute atomic E-state index is 0.0586. The Morgan fingerprint density at radius 1 is 1.05 bits per heavy atom. The van der Waals surface area contributed by atoms with Gasteiger partial charge in [-0.1, -0.05) is 0 Å². The number of nitrogens with one attached hydrogen (secondary N) is 3. The van der Waals surface area contributed by atoms with Crippen LogP contribution in [0.5, 0.6) is 0 Å². The van der Waals surface area contributed by atoms with Crippen LogP contribution < -0.4 is 16.0 Å². The Hall–Kier alpha value is -2.60. The van der Waals surface area contributed by atoms with Gasteiger partial charge in [0, 0.05) is 24.3 Å². The number of amides is 2. The van der Waals surface area contributed by atoms with Gasteiger partial charge in [0.1, 0.15) is 0 Å². The van der Waals surface area contributed by atoms with Crippen LogP contribution in [0.3, 0.4) is 0 Å². The van der Waals surface area contributed by atoms with Gasteiger partial charge < -0.3 is 20.4 Å². The lowest BCUT2D eigenvalue weighted by atomic mass is 10.2. The van der Waals surface area contributed by atoms with Gasteiger partial charge in [-0.15, -0.1) is 0 Å². The predicted octanol–water partition coefficient (Wildman–Crippen LogP) is 2.08. The monoisotopic (exact) mass is 287 g/mol. The number of carbonyl (C=O) groups is 2. The van der Waals surface area contributed by atoms with E-state index in [2.05, 4.69) is 16.0 Å². The van der Waals surface area contributed by atoms with Gasteiger partial charge in [-0.2, -0.15) is 0 Å². The Bertz CT molecular complexity index is 591. The summed E-state index contributed by atoms with van der Waals surface area (Å²) in [5.74, 6) is -0.123. The lowest BCUT2D eigenvalue weighted by Crippen LogP contribution is -2.18. The molecule has 110 valence electrons. The highest BCUT2D eigenvalue weighted by atomic mass is 16.3. The molecule has 0 saturated heterocycles. The summed E-state index contributed by atoms with van der Waals surface area (Å²) in [7, 11) is 1.80.